The molecule has 0 unspecified atom stereocenters. The van der Waals surface area contributed by atoms with E-state index in [-0.39, 0.29) is 31.0 Å². The van der Waals surface area contributed by atoms with Crippen molar-refractivity contribution in [2.24, 2.45) is 5.92 Å². The van der Waals surface area contributed by atoms with Gasteiger partial charge in [0.2, 0.25) is 15.9 Å². The topological polar surface area (TPSA) is 82.6 Å². The van der Waals surface area contributed by atoms with Crippen molar-refractivity contribution in [3.63, 3.8) is 0 Å². The molecule has 2 saturated heterocycles. The first-order chi connectivity index (χ1) is 15.8. The van der Waals surface area contributed by atoms with Crippen LogP contribution in [0.15, 0.2) is 47.5 Å². The number of carbonyl (C=O) groups excluding carboxylic acids is 1. The Balaban J connectivity index is 1.25. The summed E-state index contributed by atoms with van der Waals surface area (Å²) in [6.07, 6.45) is 4.18. The number of pyridine rings is 1. The van der Waals surface area contributed by atoms with Gasteiger partial charge in [-0.3, -0.25) is 14.7 Å². The van der Waals surface area contributed by atoms with E-state index in [4.69, 9.17) is 0 Å². The van der Waals surface area contributed by atoms with Crippen molar-refractivity contribution in [1.29, 1.82) is 0 Å². The predicted octanol–water partition coefficient (Wildman–Crippen LogP) is 2.54. The van der Waals surface area contributed by atoms with Crippen molar-refractivity contribution in [2.75, 3.05) is 26.2 Å². The summed E-state index contributed by atoms with van der Waals surface area (Å²) in [5.74, 6) is -2.14. The molecule has 33 heavy (non-hydrogen) atoms. The molecule has 2 aromatic rings. The molecule has 2 aliphatic rings. The molecule has 3 heterocycles. The molecule has 7 nitrogen and oxygen atoms in total. The van der Waals surface area contributed by atoms with Crippen LogP contribution in [0.25, 0.3) is 0 Å². The van der Waals surface area contributed by atoms with Crippen molar-refractivity contribution in [3.8, 4) is 0 Å². The molecule has 0 radical (unpaired) electrons. The molecule has 0 saturated carbocycles. The predicted molar refractivity (Wildman–Crippen MR) is 119 cm³/mol. The lowest BCUT2D eigenvalue weighted by atomic mass is 9.96. The van der Waals surface area contributed by atoms with E-state index >= 15 is 0 Å². The Morgan fingerprint density at radius 1 is 1.03 bits per heavy atom. The van der Waals surface area contributed by atoms with Crippen LogP contribution >= 0.6 is 0 Å². The number of benzene rings is 1. The Kier molecular flexibility index (Phi) is 7.35. The fourth-order valence-electron chi connectivity index (χ4n) is 4.45. The number of aromatic nitrogens is 1. The summed E-state index contributed by atoms with van der Waals surface area (Å²) in [4.78, 5) is 18.8. The third-order valence-electron chi connectivity index (χ3n) is 6.38. The molecule has 2 fully saturated rings. The number of nitrogens with zero attached hydrogens (tertiary/aromatic N) is 3. The van der Waals surface area contributed by atoms with Crippen LogP contribution < -0.4 is 5.32 Å². The molecular formula is C23H28F2N4O3S. The Bertz CT molecular complexity index is 1070. The van der Waals surface area contributed by atoms with E-state index in [2.05, 4.69) is 15.2 Å². The third kappa shape index (κ3) is 5.74. The lowest BCUT2D eigenvalue weighted by Crippen LogP contribution is -2.48. The van der Waals surface area contributed by atoms with E-state index in [1.807, 2.05) is 18.2 Å². The number of nitrogens with one attached hydrogen (secondary N) is 1. The van der Waals surface area contributed by atoms with Gasteiger partial charge in [0.25, 0.3) is 0 Å². The SMILES string of the molecule is O=C(NC1CCN(Cc2ccccn2)CC1)C1CCN(S(=O)(=O)c2cc(F)ccc2F)CC1. The first kappa shape index (κ1) is 23.7. The molecule has 1 aromatic carbocycles. The van der Waals surface area contributed by atoms with Crippen LogP contribution in [0.5, 0.6) is 0 Å². The van der Waals surface area contributed by atoms with Gasteiger partial charge >= 0.3 is 0 Å². The zero-order valence-corrected chi connectivity index (χ0v) is 19.1. The van der Waals surface area contributed by atoms with E-state index in [9.17, 15) is 22.0 Å². The molecule has 0 bridgehead atoms. The van der Waals surface area contributed by atoms with Crippen molar-refractivity contribution < 1.29 is 22.0 Å². The number of amides is 1. The molecule has 178 valence electrons. The monoisotopic (exact) mass is 478 g/mol. The molecule has 0 atom stereocenters. The first-order valence-corrected chi connectivity index (χ1v) is 12.6. The maximum atomic E-state index is 14.0. The molecule has 1 N–H and O–H groups in total. The van der Waals surface area contributed by atoms with Gasteiger partial charge in [-0.25, -0.2) is 17.2 Å². The van der Waals surface area contributed by atoms with Crippen LogP contribution in [-0.2, 0) is 21.4 Å². The second-order valence-corrected chi connectivity index (χ2v) is 10.5. The number of likely N-dealkylation sites (tertiary alicyclic amines) is 1. The highest BCUT2D eigenvalue weighted by Crippen LogP contribution is 2.26. The van der Waals surface area contributed by atoms with Crippen LogP contribution in [0, 0.1) is 17.6 Å². The number of piperidine rings is 2. The van der Waals surface area contributed by atoms with Crippen molar-refractivity contribution in [1.82, 2.24) is 19.5 Å². The summed E-state index contributed by atoms with van der Waals surface area (Å²) < 4.78 is 54.0. The Morgan fingerprint density at radius 2 is 1.76 bits per heavy atom. The zero-order valence-electron chi connectivity index (χ0n) is 18.3. The standard InChI is InChI=1S/C23H28F2N4O3S/c24-18-4-5-21(25)22(15-18)33(31,32)29-13-6-17(7-14-29)23(30)27-19-8-11-28(12-9-19)16-20-3-1-2-10-26-20/h1-5,10,15,17,19H,6-9,11-14,16H2,(H,27,30). The summed E-state index contributed by atoms with van der Waals surface area (Å²) in [7, 11) is -4.15. The average molecular weight is 479 g/mol. The molecule has 0 spiro atoms. The maximum absolute atomic E-state index is 14.0. The molecule has 10 heteroatoms. The van der Waals surface area contributed by atoms with Crippen molar-refractivity contribution in [2.45, 2.75) is 43.2 Å². The van der Waals surface area contributed by atoms with E-state index in [0.717, 1.165) is 54.6 Å². The third-order valence-corrected chi connectivity index (χ3v) is 8.30. The summed E-state index contributed by atoms with van der Waals surface area (Å²) in [6.45, 7) is 2.73. The summed E-state index contributed by atoms with van der Waals surface area (Å²) in [5, 5.41) is 3.12. The van der Waals surface area contributed by atoms with E-state index in [1.54, 1.807) is 6.20 Å². The van der Waals surface area contributed by atoms with E-state index in [0.29, 0.717) is 18.9 Å². The van der Waals surface area contributed by atoms with Gasteiger partial charge in [0, 0.05) is 50.9 Å². The molecular weight excluding hydrogens is 450 g/mol. The fourth-order valence-corrected chi connectivity index (χ4v) is 5.99. The number of rotatable bonds is 6. The largest absolute Gasteiger partial charge is 0.353 e. The molecule has 1 amide bonds. The lowest BCUT2D eigenvalue weighted by Gasteiger charge is -2.34. The van der Waals surface area contributed by atoms with Gasteiger partial charge in [-0.05, 0) is 56.0 Å². The number of carbonyl (C=O) groups is 1. The second kappa shape index (κ2) is 10.2. The van der Waals surface area contributed by atoms with Crippen molar-refractivity contribution in [3.05, 3.63) is 59.9 Å². The zero-order chi connectivity index (χ0) is 23.4. The Labute approximate surface area is 192 Å². The number of halogens is 2. The quantitative estimate of drug-likeness (QED) is 0.690. The minimum atomic E-state index is -4.15. The normalized spacial score (nSPS) is 19.5. The average Bonchev–Trinajstić information content (AvgIpc) is 2.82. The van der Waals surface area contributed by atoms with Crippen LogP contribution in [0.4, 0.5) is 8.78 Å². The van der Waals surface area contributed by atoms with Crippen LogP contribution in [0.3, 0.4) is 0 Å². The minimum Gasteiger partial charge on any atom is -0.353 e. The van der Waals surface area contributed by atoms with Crippen LogP contribution in [0.2, 0.25) is 0 Å². The highest BCUT2D eigenvalue weighted by Gasteiger charge is 2.34. The van der Waals surface area contributed by atoms with Gasteiger partial charge in [0.1, 0.15) is 16.5 Å². The second-order valence-electron chi connectivity index (χ2n) is 8.63. The highest BCUT2D eigenvalue weighted by atomic mass is 32.2. The smallest absolute Gasteiger partial charge is 0.246 e. The number of hydrogen-bond donors (Lipinski definition) is 1. The maximum Gasteiger partial charge on any atom is 0.246 e. The van der Waals surface area contributed by atoms with Gasteiger partial charge in [-0.15, -0.1) is 0 Å². The van der Waals surface area contributed by atoms with E-state index < -0.39 is 26.6 Å². The summed E-state index contributed by atoms with van der Waals surface area (Å²) >= 11 is 0. The van der Waals surface area contributed by atoms with Crippen LogP contribution in [-0.4, -0.2) is 60.7 Å². The summed E-state index contributed by atoms with van der Waals surface area (Å²) in [5.41, 5.74) is 1.03. The van der Waals surface area contributed by atoms with Gasteiger partial charge < -0.3 is 5.32 Å². The van der Waals surface area contributed by atoms with Gasteiger partial charge in [0.15, 0.2) is 0 Å². The first-order valence-electron chi connectivity index (χ1n) is 11.2. The molecule has 1 aromatic heterocycles. The fraction of sp³-hybridized carbons (Fsp3) is 0.478. The lowest BCUT2D eigenvalue weighted by molar-refractivity contribution is -0.127. The highest BCUT2D eigenvalue weighted by molar-refractivity contribution is 7.89. The summed E-state index contributed by atoms with van der Waals surface area (Å²) in [6, 6.07) is 8.36. The minimum absolute atomic E-state index is 0.0628. The molecule has 4 rings (SSSR count). The molecule has 2 aliphatic heterocycles. The van der Waals surface area contributed by atoms with Crippen molar-refractivity contribution >= 4 is 15.9 Å². The number of hydrogen-bond acceptors (Lipinski definition) is 5. The van der Waals surface area contributed by atoms with Gasteiger partial charge in [-0.2, -0.15) is 4.31 Å². The Hall–Kier alpha value is -2.43. The van der Waals surface area contributed by atoms with Crippen LogP contribution in [0.1, 0.15) is 31.4 Å². The van der Waals surface area contributed by atoms with E-state index in [1.165, 1.54) is 0 Å². The van der Waals surface area contributed by atoms with Gasteiger partial charge in [0.05, 0.1) is 5.69 Å². The number of sulfonamides is 1. The Morgan fingerprint density at radius 3 is 2.42 bits per heavy atom. The molecule has 0 aliphatic carbocycles. The van der Waals surface area contributed by atoms with Gasteiger partial charge in [-0.1, -0.05) is 6.07 Å².